The maximum Gasteiger partial charge on any atom is 0.405 e. The van der Waals surface area contributed by atoms with Crippen molar-refractivity contribution in [3.05, 3.63) is 65.6 Å². The molecule has 0 radical (unpaired) electrons. The van der Waals surface area contributed by atoms with Crippen molar-refractivity contribution >= 4 is 21.9 Å². The first-order chi connectivity index (χ1) is 13.4. The van der Waals surface area contributed by atoms with Crippen molar-refractivity contribution in [3.63, 3.8) is 0 Å². The lowest BCUT2D eigenvalue weighted by Crippen LogP contribution is -2.51. The molecule has 1 amide bonds. The highest BCUT2D eigenvalue weighted by Gasteiger charge is 2.30. The Hall–Kier alpha value is -2.98. The maximum atomic E-state index is 12.6. The van der Waals surface area contributed by atoms with Gasteiger partial charge in [-0.3, -0.25) is 4.79 Å². The number of pyridine rings is 1. The van der Waals surface area contributed by atoms with Crippen molar-refractivity contribution in [2.24, 2.45) is 0 Å². The number of esters is 1. The minimum absolute atomic E-state index is 0.149. The highest BCUT2D eigenvalue weighted by molar-refractivity contribution is 7.89. The number of carbonyl (C=O) groups is 2. The predicted molar refractivity (Wildman–Crippen MR) is 97.5 cm³/mol. The number of benzene rings is 1. The summed E-state index contributed by atoms with van der Waals surface area (Å²) in [6, 6.07) is 12.4. The molecular weight excluding hydrogens is 386 g/mol. The van der Waals surface area contributed by atoms with Crippen molar-refractivity contribution in [3.8, 4) is 0 Å². The molecule has 28 heavy (non-hydrogen) atoms. The first-order valence-electron chi connectivity index (χ1n) is 8.58. The van der Waals surface area contributed by atoms with Crippen LogP contribution in [0, 0.1) is 5.21 Å². The fraction of sp³-hybridized carbons (Fsp3) is 0.278. The number of ether oxygens (including phenoxy) is 1. The summed E-state index contributed by atoms with van der Waals surface area (Å²) >= 11 is 0. The van der Waals surface area contributed by atoms with Crippen molar-refractivity contribution in [1.82, 2.24) is 9.21 Å². The van der Waals surface area contributed by atoms with Gasteiger partial charge in [0.15, 0.2) is 12.8 Å². The number of rotatable bonds is 5. The van der Waals surface area contributed by atoms with E-state index in [9.17, 15) is 23.2 Å². The second-order valence-electron chi connectivity index (χ2n) is 6.09. The third-order valence-corrected chi connectivity index (χ3v) is 6.25. The first-order valence-corrected chi connectivity index (χ1v) is 10.0. The molecule has 0 bridgehead atoms. The van der Waals surface area contributed by atoms with E-state index in [0.29, 0.717) is 4.73 Å². The van der Waals surface area contributed by atoms with Gasteiger partial charge in [0, 0.05) is 38.3 Å². The van der Waals surface area contributed by atoms with Gasteiger partial charge in [-0.2, -0.15) is 9.04 Å². The quantitative estimate of drug-likeness (QED) is 0.394. The van der Waals surface area contributed by atoms with Crippen LogP contribution in [0.3, 0.4) is 0 Å². The van der Waals surface area contributed by atoms with E-state index in [0.717, 1.165) is 6.20 Å². The smallest absolute Gasteiger partial charge is 0.405 e. The van der Waals surface area contributed by atoms with E-state index in [-0.39, 0.29) is 36.8 Å². The molecule has 10 heteroatoms. The molecule has 0 atom stereocenters. The van der Waals surface area contributed by atoms with Gasteiger partial charge in [0.2, 0.25) is 10.0 Å². The second kappa shape index (κ2) is 8.36. The topological polar surface area (TPSA) is 111 Å². The number of aromatic nitrogens is 1. The van der Waals surface area contributed by atoms with Crippen LogP contribution in [0.2, 0.25) is 0 Å². The van der Waals surface area contributed by atoms with Gasteiger partial charge in [-0.15, -0.1) is 0 Å². The molecular formula is C18H19N3O6S. The Bertz CT molecular complexity index is 956. The number of hydrogen-bond acceptors (Lipinski definition) is 6. The van der Waals surface area contributed by atoms with Gasteiger partial charge in [0.1, 0.15) is 0 Å². The van der Waals surface area contributed by atoms with Gasteiger partial charge >= 0.3 is 11.7 Å². The minimum atomic E-state index is -3.61. The van der Waals surface area contributed by atoms with Gasteiger partial charge in [-0.1, -0.05) is 18.2 Å². The highest BCUT2D eigenvalue weighted by atomic mass is 32.2. The third-order valence-electron chi connectivity index (χ3n) is 4.33. The Morgan fingerprint density at radius 1 is 1.00 bits per heavy atom. The lowest BCUT2D eigenvalue weighted by molar-refractivity contribution is -0.608. The Morgan fingerprint density at radius 3 is 2.29 bits per heavy atom. The lowest BCUT2D eigenvalue weighted by atomic mass is 10.3. The number of nitrogens with zero attached hydrogens (tertiary/aromatic N) is 3. The molecule has 1 aliphatic heterocycles. The number of carbonyl (C=O) groups excluding carboxylic acids is 2. The summed E-state index contributed by atoms with van der Waals surface area (Å²) in [6.45, 7) is 0.163. The summed E-state index contributed by atoms with van der Waals surface area (Å²) in [5, 5.41) is 11.5. The van der Waals surface area contributed by atoms with Crippen LogP contribution in [0.1, 0.15) is 10.5 Å². The average Bonchev–Trinajstić information content (AvgIpc) is 2.73. The molecule has 1 fully saturated rings. The van der Waals surface area contributed by atoms with Crippen LogP contribution in [0.25, 0.3) is 0 Å². The van der Waals surface area contributed by atoms with Crippen molar-refractivity contribution < 1.29 is 27.5 Å². The van der Waals surface area contributed by atoms with Crippen molar-refractivity contribution in [2.45, 2.75) is 4.90 Å². The first kappa shape index (κ1) is 19.8. The average molecular weight is 405 g/mol. The largest absolute Gasteiger partial charge is 0.618 e. The molecule has 9 nitrogen and oxygen atoms in total. The summed E-state index contributed by atoms with van der Waals surface area (Å²) in [5.74, 6) is -1.34. The van der Waals surface area contributed by atoms with Crippen LogP contribution in [-0.2, 0) is 19.6 Å². The number of amides is 1. The molecule has 1 saturated heterocycles. The van der Waals surface area contributed by atoms with Crippen LogP contribution < -0.4 is 4.73 Å². The summed E-state index contributed by atoms with van der Waals surface area (Å²) in [6.07, 6.45) is 1.16. The van der Waals surface area contributed by atoms with E-state index in [1.807, 2.05) is 0 Å². The molecule has 1 aliphatic rings. The zero-order valence-corrected chi connectivity index (χ0v) is 15.7. The maximum absolute atomic E-state index is 12.6. The third kappa shape index (κ3) is 4.29. The van der Waals surface area contributed by atoms with Crippen LogP contribution in [0.15, 0.2) is 59.6 Å². The van der Waals surface area contributed by atoms with Crippen molar-refractivity contribution in [2.75, 3.05) is 32.8 Å². The number of sulfonamides is 1. The SMILES string of the molecule is O=C(OCC(=O)N1CCN(S(=O)(=O)c2ccccc2)CC1)c1cccc[n+]1[O-]. The molecule has 1 aromatic carbocycles. The molecule has 0 unspecified atom stereocenters. The fourth-order valence-electron chi connectivity index (χ4n) is 2.80. The Morgan fingerprint density at radius 2 is 1.64 bits per heavy atom. The molecule has 3 rings (SSSR count). The fourth-order valence-corrected chi connectivity index (χ4v) is 4.24. The summed E-state index contributed by atoms with van der Waals surface area (Å²) in [7, 11) is -3.61. The predicted octanol–water partition coefficient (Wildman–Crippen LogP) is 0.00990. The molecule has 0 spiro atoms. The molecule has 2 aromatic rings. The van der Waals surface area contributed by atoms with E-state index < -0.39 is 28.5 Å². The Kier molecular flexibility index (Phi) is 5.90. The summed E-state index contributed by atoms with van der Waals surface area (Å²) in [4.78, 5) is 25.8. The van der Waals surface area contributed by atoms with Gasteiger partial charge in [0.05, 0.1) is 4.90 Å². The summed E-state index contributed by atoms with van der Waals surface area (Å²) in [5.41, 5.74) is -0.214. The van der Waals surface area contributed by atoms with Gasteiger partial charge < -0.3 is 14.8 Å². The number of piperazine rings is 1. The van der Waals surface area contributed by atoms with E-state index in [2.05, 4.69) is 0 Å². The van der Waals surface area contributed by atoms with E-state index in [1.54, 1.807) is 18.2 Å². The highest BCUT2D eigenvalue weighted by Crippen LogP contribution is 2.17. The Balaban J connectivity index is 1.53. The molecule has 0 aliphatic carbocycles. The van der Waals surface area contributed by atoms with Crippen LogP contribution in [-0.4, -0.2) is 62.3 Å². The summed E-state index contributed by atoms with van der Waals surface area (Å²) < 4.78 is 31.8. The number of hydrogen-bond donors (Lipinski definition) is 0. The van der Waals surface area contributed by atoms with E-state index >= 15 is 0 Å². The van der Waals surface area contributed by atoms with Crippen LogP contribution >= 0.6 is 0 Å². The molecule has 0 N–H and O–H groups in total. The molecule has 0 saturated carbocycles. The van der Waals surface area contributed by atoms with E-state index in [1.165, 1.54) is 39.5 Å². The van der Waals surface area contributed by atoms with Crippen LogP contribution in [0.4, 0.5) is 0 Å². The second-order valence-corrected chi connectivity index (χ2v) is 8.02. The van der Waals surface area contributed by atoms with Crippen LogP contribution in [0.5, 0.6) is 0 Å². The van der Waals surface area contributed by atoms with Gasteiger partial charge in [-0.25, -0.2) is 13.2 Å². The molecule has 1 aromatic heterocycles. The minimum Gasteiger partial charge on any atom is -0.618 e. The Labute approximate surface area is 162 Å². The van der Waals surface area contributed by atoms with Crippen molar-refractivity contribution in [1.29, 1.82) is 0 Å². The monoisotopic (exact) mass is 405 g/mol. The lowest BCUT2D eigenvalue weighted by Gasteiger charge is -2.33. The molecule has 148 valence electrons. The normalized spacial score (nSPS) is 15.2. The standard InChI is InChI=1S/C18H19N3O6S/c22-17(14-27-18(23)16-8-4-5-9-21(16)24)19-10-12-20(13-11-19)28(25,26)15-6-2-1-3-7-15/h1-9H,10-14H2. The van der Waals surface area contributed by atoms with Gasteiger partial charge in [0.25, 0.3) is 5.91 Å². The van der Waals surface area contributed by atoms with Gasteiger partial charge in [-0.05, 0) is 18.2 Å². The molecule has 2 heterocycles. The van der Waals surface area contributed by atoms with E-state index in [4.69, 9.17) is 4.74 Å². The zero-order chi connectivity index (χ0) is 20.1. The zero-order valence-electron chi connectivity index (χ0n) is 14.9.